The van der Waals surface area contributed by atoms with Crippen LogP contribution in [0.3, 0.4) is 0 Å². The maximum absolute atomic E-state index is 4.28. The van der Waals surface area contributed by atoms with Gasteiger partial charge in [-0.05, 0) is 39.2 Å². The lowest BCUT2D eigenvalue weighted by Gasteiger charge is -2.09. The average molecular weight is 204 g/mol. The molecule has 2 rings (SSSR count). The lowest BCUT2D eigenvalue weighted by molar-refractivity contribution is 0.826. The number of rotatable bonds is 3. The Morgan fingerprint density at radius 2 is 1.87 bits per heavy atom. The molecule has 0 bridgehead atoms. The van der Waals surface area contributed by atoms with Crippen LogP contribution in [0, 0.1) is 13.8 Å². The lowest BCUT2D eigenvalue weighted by atomic mass is 10.3. The van der Waals surface area contributed by atoms with E-state index in [0.29, 0.717) is 5.95 Å². The third-order valence-electron chi connectivity index (χ3n) is 2.36. The summed E-state index contributed by atoms with van der Waals surface area (Å²) in [5.41, 5.74) is 9.36. The normalized spacial score (nSPS) is 14.9. The summed E-state index contributed by atoms with van der Waals surface area (Å²) in [6, 6.07) is 1.96. The van der Waals surface area contributed by atoms with E-state index in [1.54, 1.807) is 0 Å². The monoisotopic (exact) mass is 204 g/mol. The molecule has 4 heteroatoms. The highest BCUT2D eigenvalue weighted by Gasteiger charge is 2.04. The topological polar surface area (TPSA) is 49.8 Å². The van der Waals surface area contributed by atoms with Crippen LogP contribution in [0.5, 0.6) is 0 Å². The molecule has 2 N–H and O–H groups in total. The smallest absolute Gasteiger partial charge is 0.242 e. The van der Waals surface area contributed by atoms with Crippen LogP contribution in [0.15, 0.2) is 17.8 Å². The molecule has 0 radical (unpaired) electrons. The molecule has 0 saturated heterocycles. The van der Waals surface area contributed by atoms with Gasteiger partial charge in [0.2, 0.25) is 5.95 Å². The summed E-state index contributed by atoms with van der Waals surface area (Å²) in [6.07, 6.45) is 5.71. The number of hydrazine groups is 1. The fourth-order valence-corrected chi connectivity index (χ4v) is 1.70. The number of anilines is 1. The Morgan fingerprint density at radius 1 is 1.13 bits per heavy atom. The molecule has 0 saturated carbocycles. The van der Waals surface area contributed by atoms with Gasteiger partial charge in [-0.15, -0.1) is 0 Å². The van der Waals surface area contributed by atoms with Gasteiger partial charge in [-0.25, -0.2) is 9.97 Å². The number of allylic oxidation sites excluding steroid dienone is 2. The van der Waals surface area contributed by atoms with Gasteiger partial charge in [-0.3, -0.25) is 5.43 Å². The predicted molar refractivity (Wildman–Crippen MR) is 60.2 cm³/mol. The highest BCUT2D eigenvalue weighted by Crippen LogP contribution is 2.14. The van der Waals surface area contributed by atoms with E-state index < -0.39 is 0 Å². The van der Waals surface area contributed by atoms with Crippen molar-refractivity contribution in [2.24, 2.45) is 0 Å². The minimum Gasteiger partial charge on any atom is -0.303 e. The predicted octanol–water partition coefficient (Wildman–Crippen LogP) is 2.08. The summed E-state index contributed by atoms with van der Waals surface area (Å²) in [7, 11) is 0. The minimum atomic E-state index is 0.639. The molecule has 0 aliphatic heterocycles. The second-order valence-corrected chi connectivity index (χ2v) is 3.85. The van der Waals surface area contributed by atoms with Crippen molar-refractivity contribution in [2.45, 2.75) is 33.1 Å². The van der Waals surface area contributed by atoms with Crippen molar-refractivity contribution in [3.8, 4) is 0 Å². The van der Waals surface area contributed by atoms with Gasteiger partial charge in [0.05, 0.1) is 0 Å². The molecule has 80 valence electrons. The molecule has 15 heavy (non-hydrogen) atoms. The van der Waals surface area contributed by atoms with Crippen LogP contribution >= 0.6 is 0 Å². The fraction of sp³-hybridized carbons (Fsp3) is 0.455. The van der Waals surface area contributed by atoms with Gasteiger partial charge in [-0.2, -0.15) is 0 Å². The summed E-state index contributed by atoms with van der Waals surface area (Å²) >= 11 is 0. The van der Waals surface area contributed by atoms with Gasteiger partial charge in [0, 0.05) is 17.1 Å². The molecule has 0 fully saturated rings. The Bertz CT molecular complexity index is 364. The molecule has 1 aromatic rings. The zero-order valence-electron chi connectivity index (χ0n) is 9.17. The number of hydrogen-bond donors (Lipinski definition) is 2. The van der Waals surface area contributed by atoms with Crippen LogP contribution in [-0.4, -0.2) is 9.97 Å². The van der Waals surface area contributed by atoms with E-state index in [9.17, 15) is 0 Å². The fourth-order valence-electron chi connectivity index (χ4n) is 1.70. The van der Waals surface area contributed by atoms with Gasteiger partial charge in [0.1, 0.15) is 0 Å². The highest BCUT2D eigenvalue weighted by atomic mass is 15.4. The van der Waals surface area contributed by atoms with Gasteiger partial charge in [-0.1, -0.05) is 6.08 Å². The summed E-state index contributed by atoms with van der Waals surface area (Å²) in [5, 5.41) is 0. The molecule has 1 heterocycles. The maximum atomic E-state index is 4.28. The lowest BCUT2D eigenvalue weighted by Crippen LogP contribution is -2.21. The number of nitrogens with one attached hydrogen (secondary N) is 2. The molecule has 1 aliphatic carbocycles. The van der Waals surface area contributed by atoms with Crippen LogP contribution in [0.2, 0.25) is 0 Å². The van der Waals surface area contributed by atoms with E-state index >= 15 is 0 Å². The third-order valence-corrected chi connectivity index (χ3v) is 2.36. The molecule has 0 aromatic carbocycles. The van der Waals surface area contributed by atoms with Crippen LogP contribution in [0.1, 0.15) is 30.7 Å². The zero-order valence-corrected chi connectivity index (χ0v) is 9.17. The van der Waals surface area contributed by atoms with Crippen LogP contribution in [0.25, 0.3) is 0 Å². The quantitative estimate of drug-likeness (QED) is 0.740. The Balaban J connectivity index is 1.98. The van der Waals surface area contributed by atoms with Crippen molar-refractivity contribution in [3.63, 3.8) is 0 Å². The van der Waals surface area contributed by atoms with Crippen molar-refractivity contribution in [3.05, 3.63) is 29.2 Å². The second-order valence-electron chi connectivity index (χ2n) is 3.85. The zero-order chi connectivity index (χ0) is 10.7. The van der Waals surface area contributed by atoms with Gasteiger partial charge >= 0.3 is 0 Å². The van der Waals surface area contributed by atoms with E-state index in [4.69, 9.17) is 0 Å². The number of aryl methyl sites for hydroxylation is 2. The number of nitrogens with zero attached hydrogens (tertiary/aromatic N) is 2. The van der Waals surface area contributed by atoms with Crippen LogP contribution < -0.4 is 10.9 Å². The maximum Gasteiger partial charge on any atom is 0.242 e. The first kappa shape index (κ1) is 9.96. The first-order valence-electron chi connectivity index (χ1n) is 5.27. The molecule has 0 amide bonds. The first-order chi connectivity index (χ1) is 7.24. The first-order valence-corrected chi connectivity index (χ1v) is 5.27. The molecule has 4 nitrogen and oxygen atoms in total. The van der Waals surface area contributed by atoms with E-state index in [0.717, 1.165) is 24.2 Å². The van der Waals surface area contributed by atoms with Crippen molar-refractivity contribution < 1.29 is 0 Å². The molecule has 1 aliphatic rings. The highest BCUT2D eigenvalue weighted by molar-refractivity contribution is 5.27. The van der Waals surface area contributed by atoms with Crippen molar-refractivity contribution >= 4 is 5.95 Å². The Hall–Kier alpha value is -1.58. The molecule has 0 atom stereocenters. The molecule has 1 aromatic heterocycles. The van der Waals surface area contributed by atoms with E-state index in [1.807, 2.05) is 19.9 Å². The van der Waals surface area contributed by atoms with Crippen molar-refractivity contribution in [1.82, 2.24) is 15.4 Å². The molecular weight excluding hydrogens is 188 g/mol. The van der Waals surface area contributed by atoms with Gasteiger partial charge in [0.15, 0.2) is 0 Å². The number of aromatic nitrogens is 2. The Morgan fingerprint density at radius 3 is 2.47 bits per heavy atom. The standard InChI is InChI=1S/C11H16N4/c1-8-7-9(2)13-11(12-8)15-14-10-5-3-4-6-10/h5,7,14H,3-4,6H2,1-2H3,(H,12,13,15). The van der Waals surface area contributed by atoms with Crippen LogP contribution in [0.4, 0.5) is 5.95 Å². The Labute approximate surface area is 89.8 Å². The van der Waals surface area contributed by atoms with Crippen molar-refractivity contribution in [1.29, 1.82) is 0 Å². The minimum absolute atomic E-state index is 0.639. The summed E-state index contributed by atoms with van der Waals surface area (Å²) in [6.45, 7) is 3.93. The Kier molecular flexibility index (Phi) is 2.85. The largest absolute Gasteiger partial charge is 0.303 e. The summed E-state index contributed by atoms with van der Waals surface area (Å²) < 4.78 is 0. The van der Waals surface area contributed by atoms with Crippen molar-refractivity contribution in [2.75, 3.05) is 5.43 Å². The summed E-state index contributed by atoms with van der Waals surface area (Å²) in [5.74, 6) is 0.639. The van der Waals surface area contributed by atoms with E-state index in [-0.39, 0.29) is 0 Å². The van der Waals surface area contributed by atoms with E-state index in [2.05, 4.69) is 26.9 Å². The molecular formula is C11H16N4. The molecule has 0 unspecified atom stereocenters. The SMILES string of the molecule is Cc1cc(C)nc(NNC2=CCCC2)n1. The average Bonchev–Trinajstić information content (AvgIpc) is 2.65. The van der Waals surface area contributed by atoms with E-state index in [1.165, 1.54) is 12.1 Å². The van der Waals surface area contributed by atoms with Gasteiger partial charge in [0.25, 0.3) is 0 Å². The summed E-state index contributed by atoms with van der Waals surface area (Å²) in [4.78, 5) is 8.57. The second kappa shape index (κ2) is 4.29. The third kappa shape index (κ3) is 2.68. The van der Waals surface area contributed by atoms with Gasteiger partial charge < -0.3 is 5.43 Å². The number of hydrogen-bond acceptors (Lipinski definition) is 4. The molecule has 0 spiro atoms. The van der Waals surface area contributed by atoms with Crippen LogP contribution in [-0.2, 0) is 0 Å².